The van der Waals surface area contributed by atoms with E-state index in [1.165, 1.54) is 24.3 Å². The predicted molar refractivity (Wildman–Crippen MR) is 91.5 cm³/mol. The largest absolute Gasteiger partial charge is 0.482 e. The smallest absolute Gasteiger partial charge is 0.260 e. The lowest BCUT2D eigenvalue weighted by atomic mass is 9.92. The number of carbonyl (C=O) groups is 1. The van der Waals surface area contributed by atoms with E-state index in [9.17, 15) is 13.6 Å². The van der Waals surface area contributed by atoms with Crippen LogP contribution in [0.15, 0.2) is 54.3 Å². The number of benzene rings is 2. The average Bonchev–Trinajstić information content (AvgIpc) is 3.02. The van der Waals surface area contributed by atoms with Crippen LogP contribution in [0, 0.1) is 11.6 Å². The lowest BCUT2D eigenvalue weighted by Crippen LogP contribution is -2.21. The van der Waals surface area contributed by atoms with Crippen LogP contribution in [0.4, 0.5) is 14.5 Å². The summed E-state index contributed by atoms with van der Waals surface area (Å²) in [4.78, 5) is 12.4. The highest BCUT2D eigenvalue weighted by atomic mass is 19.1. The van der Waals surface area contributed by atoms with E-state index in [4.69, 9.17) is 4.74 Å². The molecule has 0 spiro atoms. The zero-order valence-electron chi connectivity index (χ0n) is 13.7. The molecule has 2 aromatic carbocycles. The molecule has 0 atom stereocenters. The minimum Gasteiger partial charge on any atom is -0.482 e. The molecule has 126 valence electrons. The first kappa shape index (κ1) is 15.6. The number of hydrogen-bond acceptors (Lipinski definition) is 2. The molecular formula is C20H15F2NO2. The molecule has 2 aromatic rings. The van der Waals surface area contributed by atoms with Gasteiger partial charge in [-0.25, -0.2) is 8.78 Å². The van der Waals surface area contributed by atoms with E-state index in [1.807, 2.05) is 13.8 Å². The van der Waals surface area contributed by atoms with Crippen LogP contribution >= 0.6 is 0 Å². The molecule has 2 aliphatic rings. The Balaban J connectivity index is 1.88. The first-order valence-corrected chi connectivity index (χ1v) is 7.88. The molecule has 1 amide bonds. The van der Waals surface area contributed by atoms with Gasteiger partial charge in [0, 0.05) is 11.1 Å². The Kier molecular flexibility index (Phi) is 3.29. The quantitative estimate of drug-likeness (QED) is 0.776. The SMILES string of the molecule is CC1(C)O/C(=C2/C(=O)Nc3cc(F)ccc32)C=C1c1cccc(F)c1. The van der Waals surface area contributed by atoms with Crippen LogP contribution in [0.2, 0.25) is 0 Å². The Hall–Kier alpha value is -2.95. The first-order chi connectivity index (χ1) is 11.8. The van der Waals surface area contributed by atoms with Crippen LogP contribution in [0.5, 0.6) is 0 Å². The maximum atomic E-state index is 13.6. The number of carbonyl (C=O) groups excluding carboxylic acids is 1. The number of allylic oxidation sites excluding steroid dienone is 1. The van der Waals surface area contributed by atoms with Gasteiger partial charge < -0.3 is 10.1 Å². The fraction of sp³-hybridized carbons (Fsp3) is 0.150. The summed E-state index contributed by atoms with van der Waals surface area (Å²) in [6, 6.07) is 10.4. The van der Waals surface area contributed by atoms with E-state index < -0.39 is 11.4 Å². The van der Waals surface area contributed by atoms with Crippen LogP contribution in [0.3, 0.4) is 0 Å². The fourth-order valence-corrected chi connectivity index (χ4v) is 3.26. The van der Waals surface area contributed by atoms with Crippen LogP contribution < -0.4 is 5.32 Å². The molecular weight excluding hydrogens is 324 g/mol. The predicted octanol–water partition coefficient (Wildman–Crippen LogP) is 4.52. The summed E-state index contributed by atoms with van der Waals surface area (Å²) < 4.78 is 33.0. The third kappa shape index (κ3) is 2.52. The van der Waals surface area contributed by atoms with Gasteiger partial charge in [-0.1, -0.05) is 12.1 Å². The van der Waals surface area contributed by atoms with Crippen molar-refractivity contribution >= 4 is 22.7 Å². The summed E-state index contributed by atoms with van der Waals surface area (Å²) in [5, 5.41) is 2.65. The van der Waals surface area contributed by atoms with Gasteiger partial charge in [0.1, 0.15) is 23.0 Å². The lowest BCUT2D eigenvalue weighted by Gasteiger charge is -2.23. The van der Waals surface area contributed by atoms with Gasteiger partial charge in [0.15, 0.2) is 0 Å². The zero-order valence-corrected chi connectivity index (χ0v) is 13.7. The van der Waals surface area contributed by atoms with Crippen molar-refractivity contribution in [1.29, 1.82) is 0 Å². The van der Waals surface area contributed by atoms with Gasteiger partial charge in [-0.05, 0) is 55.8 Å². The lowest BCUT2D eigenvalue weighted by molar-refractivity contribution is -0.111. The minimum atomic E-state index is -0.723. The highest BCUT2D eigenvalue weighted by Crippen LogP contribution is 2.44. The van der Waals surface area contributed by atoms with Gasteiger partial charge in [0.2, 0.25) is 0 Å². The second-order valence-electron chi connectivity index (χ2n) is 6.56. The van der Waals surface area contributed by atoms with Gasteiger partial charge in [0.05, 0.1) is 11.3 Å². The Morgan fingerprint density at radius 1 is 1.04 bits per heavy atom. The van der Waals surface area contributed by atoms with Crippen molar-refractivity contribution in [1.82, 2.24) is 0 Å². The van der Waals surface area contributed by atoms with Crippen LogP contribution in [0.25, 0.3) is 11.1 Å². The molecule has 25 heavy (non-hydrogen) atoms. The summed E-state index contributed by atoms with van der Waals surface area (Å²) in [5.41, 5.74) is 2.11. The van der Waals surface area contributed by atoms with Crippen molar-refractivity contribution in [3.8, 4) is 0 Å². The molecule has 4 rings (SSSR count). The highest BCUT2D eigenvalue weighted by Gasteiger charge is 2.38. The van der Waals surface area contributed by atoms with Gasteiger partial charge in [-0.2, -0.15) is 0 Å². The van der Waals surface area contributed by atoms with E-state index in [1.54, 1.807) is 24.3 Å². The van der Waals surface area contributed by atoms with Crippen molar-refractivity contribution in [3.05, 3.63) is 77.1 Å². The van der Waals surface area contributed by atoms with Gasteiger partial charge in [-0.15, -0.1) is 0 Å². The second kappa shape index (κ2) is 5.28. The molecule has 0 aromatic heterocycles. The standard InChI is InChI=1S/C20H15F2NO2/c1-20(2)15(11-4-3-5-12(21)8-11)10-17(25-20)18-14-7-6-13(22)9-16(14)23-19(18)24/h3-10H,1-2H3,(H,23,24)/b18-17+. The van der Waals surface area contributed by atoms with E-state index >= 15 is 0 Å². The third-order valence-electron chi connectivity index (χ3n) is 4.40. The molecule has 1 N–H and O–H groups in total. The van der Waals surface area contributed by atoms with E-state index in [-0.39, 0.29) is 11.7 Å². The second-order valence-corrected chi connectivity index (χ2v) is 6.56. The summed E-state index contributed by atoms with van der Waals surface area (Å²) >= 11 is 0. The molecule has 0 aliphatic carbocycles. The molecule has 0 saturated carbocycles. The first-order valence-electron chi connectivity index (χ1n) is 7.88. The van der Waals surface area contributed by atoms with Gasteiger partial charge in [-0.3, -0.25) is 4.79 Å². The van der Waals surface area contributed by atoms with Crippen LogP contribution in [0.1, 0.15) is 25.0 Å². The Morgan fingerprint density at radius 2 is 1.80 bits per heavy atom. The Labute approximate surface area is 143 Å². The normalized spacial score (nSPS) is 20.8. The summed E-state index contributed by atoms with van der Waals surface area (Å²) in [5.74, 6) is -0.709. The highest BCUT2D eigenvalue weighted by molar-refractivity contribution is 6.32. The van der Waals surface area contributed by atoms with Crippen molar-refractivity contribution < 1.29 is 18.3 Å². The molecule has 0 unspecified atom stereocenters. The van der Waals surface area contributed by atoms with Crippen LogP contribution in [-0.2, 0) is 9.53 Å². The van der Waals surface area contributed by atoms with E-state index in [0.717, 1.165) is 5.57 Å². The monoisotopic (exact) mass is 339 g/mol. The van der Waals surface area contributed by atoms with Crippen LogP contribution in [-0.4, -0.2) is 11.5 Å². The number of ether oxygens (including phenoxy) is 1. The molecule has 2 heterocycles. The van der Waals surface area contributed by atoms with Crippen molar-refractivity contribution in [2.75, 3.05) is 5.32 Å². The van der Waals surface area contributed by atoms with Gasteiger partial charge >= 0.3 is 0 Å². The molecule has 0 fully saturated rings. The molecule has 2 aliphatic heterocycles. The number of amides is 1. The molecule has 5 heteroatoms. The molecule has 0 saturated heterocycles. The minimum absolute atomic E-state index is 0.338. The summed E-state index contributed by atoms with van der Waals surface area (Å²) in [6.45, 7) is 3.71. The topological polar surface area (TPSA) is 38.3 Å². The molecule has 0 bridgehead atoms. The molecule has 0 radical (unpaired) electrons. The number of nitrogens with one attached hydrogen (secondary N) is 1. The number of fused-ring (bicyclic) bond motifs is 1. The maximum absolute atomic E-state index is 13.6. The summed E-state index contributed by atoms with van der Waals surface area (Å²) in [6.07, 6.45) is 1.75. The summed E-state index contributed by atoms with van der Waals surface area (Å²) in [7, 11) is 0. The maximum Gasteiger partial charge on any atom is 0.260 e. The van der Waals surface area contributed by atoms with Crippen molar-refractivity contribution in [2.45, 2.75) is 19.4 Å². The average molecular weight is 339 g/mol. The van der Waals surface area contributed by atoms with Crippen molar-refractivity contribution in [3.63, 3.8) is 0 Å². The van der Waals surface area contributed by atoms with Crippen molar-refractivity contribution in [2.24, 2.45) is 0 Å². The number of hydrogen-bond donors (Lipinski definition) is 1. The molecule has 3 nitrogen and oxygen atoms in total. The number of rotatable bonds is 1. The Morgan fingerprint density at radius 3 is 2.56 bits per heavy atom. The Bertz CT molecular complexity index is 973. The zero-order chi connectivity index (χ0) is 17.8. The number of halogens is 2. The van der Waals surface area contributed by atoms with Gasteiger partial charge in [0.25, 0.3) is 5.91 Å². The van der Waals surface area contributed by atoms with E-state index in [0.29, 0.717) is 28.1 Å². The third-order valence-corrected chi connectivity index (χ3v) is 4.40. The fourth-order valence-electron chi connectivity index (χ4n) is 3.26. The van der Waals surface area contributed by atoms with E-state index in [2.05, 4.69) is 5.32 Å². The number of anilines is 1.